The molecule has 14 heteroatoms. The summed E-state index contributed by atoms with van der Waals surface area (Å²) in [5.41, 5.74) is 8.86. The molecule has 1 aromatic heterocycles. The lowest BCUT2D eigenvalue weighted by Crippen LogP contribution is -2.56. The van der Waals surface area contributed by atoms with E-state index in [1.165, 1.54) is 47.0 Å². The molecular weight excluding hydrogens is 681 g/mol. The van der Waals surface area contributed by atoms with Gasteiger partial charge in [-0.2, -0.15) is 17.8 Å². The smallest absolute Gasteiger partial charge is 0.496 e. The molecule has 0 aliphatic carbocycles. The number of aromatic hydroxyl groups is 1. The number of benzene rings is 3. The third-order valence-corrected chi connectivity index (χ3v) is 11.3. The normalized spacial score (nSPS) is 17.8. The second-order valence-corrected chi connectivity index (χ2v) is 15.6. The highest BCUT2D eigenvalue weighted by Crippen LogP contribution is 2.30. The molecule has 0 spiro atoms. The van der Waals surface area contributed by atoms with Gasteiger partial charge in [-0.3, -0.25) is 4.79 Å². The zero-order valence-corrected chi connectivity index (χ0v) is 30.1. The number of primary amides is 1. The van der Waals surface area contributed by atoms with Crippen LogP contribution in [-0.4, -0.2) is 80.6 Å². The Morgan fingerprint density at radius 1 is 0.980 bits per heavy atom. The number of carbonyl (C=O) groups excluding carboxylic acids is 2. The standard InChI is InChI=1S/C36H40N4O8S2/c1-24-7-18-34(49-24)50(44,45)48-30-15-11-27(12-16-30)38-36(43)39(31(35(37)42)20-25-8-13-29(41)14-9-25)28-6-5-19-40(2,23-28)22-26-10-17-32(46-3)33(21-26)47-4/h7-18,21,31H,5-6,19-20,22-23H2,1-4H3,(H2-2,37,38,41,42,43)/p+2/b39-28+/t31-,40?/m0/s1. The molecule has 4 aromatic rings. The van der Waals surface area contributed by atoms with Gasteiger partial charge in [0.15, 0.2) is 21.8 Å². The van der Waals surface area contributed by atoms with E-state index in [9.17, 15) is 23.1 Å². The number of piperidine rings is 1. The molecule has 0 radical (unpaired) electrons. The molecule has 1 aliphatic heterocycles. The van der Waals surface area contributed by atoms with Crippen LogP contribution in [0.1, 0.15) is 28.8 Å². The highest BCUT2D eigenvalue weighted by molar-refractivity contribution is 7.89. The summed E-state index contributed by atoms with van der Waals surface area (Å²) >= 11 is 1.11. The summed E-state index contributed by atoms with van der Waals surface area (Å²) < 4.78 is 43.8. The van der Waals surface area contributed by atoms with Crippen LogP contribution in [0.25, 0.3) is 0 Å². The van der Waals surface area contributed by atoms with Crippen molar-refractivity contribution in [3.05, 3.63) is 94.9 Å². The van der Waals surface area contributed by atoms with E-state index in [0.29, 0.717) is 46.7 Å². The number of quaternary nitrogens is 1. The number of nitrogens with zero attached hydrogens (tertiary/aromatic N) is 2. The third-order valence-electron chi connectivity index (χ3n) is 8.58. The molecule has 2 atom stereocenters. The first-order chi connectivity index (χ1) is 23.8. The van der Waals surface area contributed by atoms with E-state index in [1.54, 1.807) is 39.3 Å². The summed E-state index contributed by atoms with van der Waals surface area (Å²) in [6, 6.07) is 19.8. The average Bonchev–Trinajstić information content (AvgIpc) is 3.53. The van der Waals surface area contributed by atoms with Crippen molar-refractivity contribution < 1.29 is 45.8 Å². The third kappa shape index (κ3) is 8.80. The molecule has 3 aromatic carbocycles. The van der Waals surface area contributed by atoms with E-state index in [2.05, 4.69) is 12.4 Å². The Balaban J connectivity index is 1.45. The van der Waals surface area contributed by atoms with E-state index in [-0.39, 0.29) is 22.1 Å². The van der Waals surface area contributed by atoms with Crippen LogP contribution in [0.4, 0.5) is 10.5 Å². The lowest BCUT2D eigenvalue weighted by molar-refractivity contribution is -0.918. The number of urea groups is 1. The number of amides is 3. The van der Waals surface area contributed by atoms with Gasteiger partial charge in [-0.1, -0.05) is 12.1 Å². The van der Waals surface area contributed by atoms with Gasteiger partial charge < -0.3 is 29.0 Å². The molecule has 3 amide bonds. The largest absolute Gasteiger partial charge is 0.508 e. The number of methoxy groups -OCH3 is 2. The van der Waals surface area contributed by atoms with Crippen molar-refractivity contribution in [2.24, 2.45) is 5.73 Å². The first kappa shape index (κ1) is 36.4. The monoisotopic (exact) mass is 722 g/mol. The van der Waals surface area contributed by atoms with Gasteiger partial charge >= 0.3 is 16.1 Å². The number of phenols is 1. The summed E-state index contributed by atoms with van der Waals surface area (Å²) in [5.74, 6) is 0.730. The molecule has 1 fully saturated rings. The summed E-state index contributed by atoms with van der Waals surface area (Å²) in [7, 11) is 1.27. The number of hydrogen-bond donors (Lipinski definition) is 3. The average molecular weight is 723 g/mol. The Morgan fingerprint density at radius 3 is 2.28 bits per heavy atom. The number of aryl methyl sites for hydroxylation is 1. The number of phenolic OH excluding ortho intramolecular Hbond substituents is 1. The Kier molecular flexibility index (Phi) is 11.1. The topological polar surface area (TPSA) is 157 Å². The molecule has 1 aliphatic rings. The number of thiophene rings is 1. The molecule has 50 heavy (non-hydrogen) atoms. The second kappa shape index (κ2) is 15.3. The Labute approximate surface area is 296 Å². The molecule has 264 valence electrons. The van der Waals surface area contributed by atoms with Gasteiger partial charge in [0, 0.05) is 29.7 Å². The summed E-state index contributed by atoms with van der Waals surface area (Å²) in [6.07, 6.45) is 1.45. The molecule has 1 unspecified atom stereocenters. The number of nitrogens with two attached hydrogens (primary N) is 1. The van der Waals surface area contributed by atoms with E-state index >= 15 is 0 Å². The van der Waals surface area contributed by atoms with Gasteiger partial charge in [0.2, 0.25) is 0 Å². The number of carbonyl (C=O) groups is 2. The fraction of sp³-hybridized carbons (Fsp3) is 0.306. The molecule has 5 rings (SSSR count). The van der Waals surface area contributed by atoms with Crippen LogP contribution in [0.5, 0.6) is 23.0 Å². The SMILES string of the molecule is COc1ccc(C[N+]2(C)CCC/C(=[N+](\C(=O)Nc3ccc(OS(=O)(=O)c4ccc(C)s4)cc3)[C@@H](Cc3ccc(O)cc3)C(N)=O)C2)cc1OC. The van der Waals surface area contributed by atoms with Gasteiger partial charge in [0.05, 0.1) is 27.8 Å². The first-order valence-electron chi connectivity index (χ1n) is 16.0. The number of ether oxygens (including phenoxy) is 2. The van der Waals surface area contributed by atoms with Crippen LogP contribution in [0.2, 0.25) is 0 Å². The maximum absolute atomic E-state index is 14.2. The van der Waals surface area contributed by atoms with Crippen LogP contribution in [0.15, 0.2) is 83.1 Å². The van der Waals surface area contributed by atoms with Gasteiger partial charge in [-0.15, -0.1) is 11.3 Å². The van der Waals surface area contributed by atoms with Gasteiger partial charge in [0.25, 0.3) is 5.91 Å². The minimum absolute atomic E-state index is 0.0783. The van der Waals surface area contributed by atoms with Crippen molar-refractivity contribution in [3.8, 4) is 23.0 Å². The fourth-order valence-electron chi connectivity index (χ4n) is 6.19. The van der Waals surface area contributed by atoms with Crippen molar-refractivity contribution in [1.82, 2.24) is 0 Å². The molecule has 1 saturated heterocycles. The number of likely N-dealkylation sites (tertiary alicyclic amines) is 1. The van der Waals surface area contributed by atoms with E-state index < -0.39 is 28.1 Å². The Bertz CT molecular complexity index is 1990. The maximum Gasteiger partial charge on any atom is 0.496 e. The highest BCUT2D eigenvalue weighted by Gasteiger charge is 2.39. The second-order valence-electron chi connectivity index (χ2n) is 12.5. The first-order valence-corrected chi connectivity index (χ1v) is 18.2. The lowest BCUT2D eigenvalue weighted by Gasteiger charge is -2.38. The summed E-state index contributed by atoms with van der Waals surface area (Å²) in [5, 5.41) is 12.7. The van der Waals surface area contributed by atoms with Crippen molar-refractivity contribution in [2.45, 2.75) is 43.0 Å². The number of rotatable bonds is 12. The van der Waals surface area contributed by atoms with Gasteiger partial charge in [-0.05, 0) is 79.2 Å². The van der Waals surface area contributed by atoms with Gasteiger partial charge in [0.1, 0.15) is 36.0 Å². The predicted octanol–water partition coefficient (Wildman–Crippen LogP) is 5.07. The number of nitrogens with one attached hydrogen (secondary N) is 1. The minimum atomic E-state index is -4.01. The van der Waals surface area contributed by atoms with E-state index in [1.807, 2.05) is 18.2 Å². The van der Waals surface area contributed by atoms with Crippen LogP contribution in [0, 0.1) is 6.92 Å². The summed E-state index contributed by atoms with van der Waals surface area (Å²) in [4.78, 5) is 28.2. The molecular formula is C36H42N4O8S2+2. The van der Waals surface area contributed by atoms with Crippen LogP contribution >= 0.6 is 11.3 Å². The molecule has 12 nitrogen and oxygen atoms in total. The zero-order valence-electron chi connectivity index (χ0n) is 28.4. The quantitative estimate of drug-likeness (QED) is 0.104. The van der Waals surface area contributed by atoms with Crippen LogP contribution in [0.3, 0.4) is 0 Å². The van der Waals surface area contributed by atoms with Crippen LogP contribution in [-0.2, 0) is 27.9 Å². The Morgan fingerprint density at radius 2 is 1.66 bits per heavy atom. The van der Waals surface area contributed by atoms with Crippen molar-refractivity contribution in [2.75, 3.05) is 39.7 Å². The summed E-state index contributed by atoms with van der Waals surface area (Å²) in [6.45, 7) is 3.74. The maximum atomic E-state index is 14.2. The van der Waals surface area contributed by atoms with Crippen molar-refractivity contribution in [3.63, 3.8) is 0 Å². The molecule has 4 N–H and O–H groups in total. The number of hydrogen-bond acceptors (Lipinski definition) is 9. The molecule has 2 heterocycles. The van der Waals surface area contributed by atoms with E-state index in [4.69, 9.17) is 19.4 Å². The van der Waals surface area contributed by atoms with E-state index in [0.717, 1.165) is 40.5 Å². The predicted molar refractivity (Wildman–Crippen MR) is 191 cm³/mol. The highest BCUT2D eigenvalue weighted by atomic mass is 32.3. The van der Waals surface area contributed by atoms with Gasteiger partial charge in [-0.25, -0.2) is 5.32 Å². The molecule has 0 saturated carbocycles. The van der Waals surface area contributed by atoms with Crippen molar-refractivity contribution >= 4 is 44.8 Å². The zero-order chi connectivity index (χ0) is 36.1. The van der Waals surface area contributed by atoms with Crippen LogP contribution < -0.4 is 24.7 Å². The molecule has 0 bridgehead atoms. The minimum Gasteiger partial charge on any atom is -0.508 e. The van der Waals surface area contributed by atoms with Crippen molar-refractivity contribution in [1.29, 1.82) is 0 Å². The Hall–Kier alpha value is -4.92. The lowest BCUT2D eigenvalue weighted by atomic mass is 10.0. The fourth-order valence-corrected chi connectivity index (χ4v) is 8.36. The number of anilines is 1.